The van der Waals surface area contributed by atoms with E-state index < -0.39 is 8.07 Å². The molecule has 1 aromatic rings. The van der Waals surface area contributed by atoms with Gasteiger partial charge in [0.25, 0.3) is 0 Å². The van der Waals surface area contributed by atoms with E-state index in [-0.39, 0.29) is 6.09 Å². The van der Waals surface area contributed by atoms with Crippen molar-refractivity contribution in [1.82, 2.24) is 4.90 Å². The summed E-state index contributed by atoms with van der Waals surface area (Å²) in [5.41, 5.74) is 1.12. The molecule has 0 spiro atoms. The number of carbonyl (C=O) groups excluding carboxylic acids is 1. The molecule has 1 amide bonds. The van der Waals surface area contributed by atoms with Crippen LogP contribution in [0, 0.1) is 0 Å². The Balaban J connectivity index is 3.31. The topological polar surface area (TPSA) is 29.5 Å². The number of hydrogen-bond acceptors (Lipinski definition) is 3. The lowest BCUT2D eigenvalue weighted by Gasteiger charge is -2.26. The number of rotatable bonds is 6. The monoisotopic (exact) mass is 339 g/mol. The van der Waals surface area contributed by atoms with Gasteiger partial charge in [-0.1, -0.05) is 37.8 Å². The summed E-state index contributed by atoms with van der Waals surface area (Å²) in [7, 11) is -1.59. The SMILES string of the molecule is CCN(CC)C(=O)Oc1c([C@H](C)SC)cccc1[Si](C)(C)C. The molecule has 0 N–H and O–H groups in total. The maximum absolute atomic E-state index is 12.4. The first kappa shape index (κ1) is 19.1. The van der Waals surface area contributed by atoms with Crippen LogP contribution in [0.2, 0.25) is 19.6 Å². The van der Waals surface area contributed by atoms with E-state index >= 15 is 0 Å². The molecule has 0 heterocycles. The fourth-order valence-electron chi connectivity index (χ4n) is 2.34. The highest BCUT2D eigenvalue weighted by Gasteiger charge is 2.27. The van der Waals surface area contributed by atoms with Crippen LogP contribution in [-0.2, 0) is 0 Å². The zero-order valence-corrected chi connectivity index (χ0v) is 16.7. The molecule has 0 unspecified atom stereocenters. The Morgan fingerprint density at radius 3 is 2.32 bits per heavy atom. The summed E-state index contributed by atoms with van der Waals surface area (Å²) < 4.78 is 5.88. The number of thioether (sulfide) groups is 1. The molecule has 1 aromatic carbocycles. The standard InChI is InChI=1S/C17H29NO2SSi/c1-8-18(9-2)17(19)20-16-14(13(3)21-4)11-10-12-15(16)22(5,6)7/h10-13H,8-9H2,1-7H3/t13-/m0/s1. The minimum Gasteiger partial charge on any atom is -0.410 e. The summed E-state index contributed by atoms with van der Waals surface area (Å²) in [6.07, 6.45) is 1.84. The number of amides is 1. The van der Waals surface area contributed by atoms with Gasteiger partial charge in [-0.2, -0.15) is 11.8 Å². The van der Waals surface area contributed by atoms with Crippen LogP contribution in [0.25, 0.3) is 0 Å². The fourth-order valence-corrected chi connectivity index (χ4v) is 4.25. The van der Waals surface area contributed by atoms with E-state index in [1.165, 1.54) is 5.19 Å². The molecule has 0 saturated heterocycles. The third kappa shape index (κ3) is 4.52. The average molecular weight is 340 g/mol. The third-order valence-corrected chi connectivity index (χ3v) is 6.83. The summed E-state index contributed by atoms with van der Waals surface area (Å²) in [5.74, 6) is 0.792. The number of benzene rings is 1. The molecule has 0 aliphatic rings. The van der Waals surface area contributed by atoms with Crippen LogP contribution in [0.4, 0.5) is 4.79 Å². The van der Waals surface area contributed by atoms with Crippen LogP contribution in [0.1, 0.15) is 31.6 Å². The fraction of sp³-hybridized carbons (Fsp3) is 0.588. The van der Waals surface area contributed by atoms with Crippen molar-refractivity contribution in [3.8, 4) is 5.75 Å². The van der Waals surface area contributed by atoms with Gasteiger partial charge in [0.15, 0.2) is 0 Å². The Morgan fingerprint density at radius 1 is 1.27 bits per heavy atom. The van der Waals surface area contributed by atoms with E-state index in [0.29, 0.717) is 18.3 Å². The molecule has 3 nitrogen and oxygen atoms in total. The van der Waals surface area contributed by atoms with Crippen LogP contribution in [0.3, 0.4) is 0 Å². The van der Waals surface area contributed by atoms with E-state index in [2.05, 4.69) is 51.0 Å². The molecule has 0 saturated carbocycles. The van der Waals surface area contributed by atoms with E-state index in [1.807, 2.05) is 13.8 Å². The molecule has 0 radical (unpaired) electrons. The van der Waals surface area contributed by atoms with E-state index in [9.17, 15) is 4.79 Å². The lowest BCUT2D eigenvalue weighted by atomic mass is 10.1. The van der Waals surface area contributed by atoms with Crippen molar-refractivity contribution in [2.45, 2.75) is 45.7 Å². The highest BCUT2D eigenvalue weighted by atomic mass is 32.2. The minimum absolute atomic E-state index is 0.245. The molecule has 124 valence electrons. The smallest absolute Gasteiger partial charge is 0.410 e. The molecule has 0 fully saturated rings. The van der Waals surface area contributed by atoms with Crippen molar-refractivity contribution >= 4 is 31.1 Å². The van der Waals surface area contributed by atoms with E-state index in [0.717, 1.165) is 11.3 Å². The second-order valence-corrected chi connectivity index (χ2v) is 12.6. The van der Waals surface area contributed by atoms with Crippen LogP contribution in [0.15, 0.2) is 18.2 Å². The second kappa shape index (κ2) is 8.06. The van der Waals surface area contributed by atoms with Crippen molar-refractivity contribution in [3.05, 3.63) is 23.8 Å². The van der Waals surface area contributed by atoms with Crippen LogP contribution in [0.5, 0.6) is 5.75 Å². The maximum atomic E-state index is 12.4. The Bertz CT molecular complexity index is 510. The van der Waals surface area contributed by atoms with Crippen LogP contribution < -0.4 is 9.92 Å². The van der Waals surface area contributed by atoms with Gasteiger partial charge in [0.2, 0.25) is 0 Å². The predicted octanol–water partition coefficient (Wildman–Crippen LogP) is 4.50. The quantitative estimate of drug-likeness (QED) is 0.715. The zero-order chi connectivity index (χ0) is 16.9. The summed E-state index contributed by atoms with van der Waals surface area (Å²) >= 11 is 1.77. The zero-order valence-electron chi connectivity index (χ0n) is 14.9. The minimum atomic E-state index is -1.59. The van der Waals surface area contributed by atoms with Crippen LogP contribution >= 0.6 is 11.8 Å². The van der Waals surface area contributed by atoms with Gasteiger partial charge < -0.3 is 9.64 Å². The summed E-state index contributed by atoms with van der Waals surface area (Å²) in [6.45, 7) is 14.3. The van der Waals surface area contributed by atoms with Crippen molar-refractivity contribution in [2.75, 3.05) is 19.3 Å². The van der Waals surface area contributed by atoms with Crippen molar-refractivity contribution in [3.63, 3.8) is 0 Å². The Morgan fingerprint density at radius 2 is 1.86 bits per heavy atom. The maximum Gasteiger partial charge on any atom is 0.415 e. The molecular formula is C17H29NO2SSi. The third-order valence-electron chi connectivity index (χ3n) is 3.86. The van der Waals surface area contributed by atoms with Crippen molar-refractivity contribution in [2.24, 2.45) is 0 Å². The highest BCUT2D eigenvalue weighted by molar-refractivity contribution is 7.98. The summed E-state index contributed by atoms with van der Waals surface area (Å²) in [5, 5.41) is 1.52. The molecule has 22 heavy (non-hydrogen) atoms. The van der Waals surface area contributed by atoms with E-state index in [1.54, 1.807) is 16.7 Å². The first-order valence-corrected chi connectivity index (χ1v) is 12.7. The van der Waals surface area contributed by atoms with Gasteiger partial charge in [0.05, 0.1) is 8.07 Å². The normalized spacial score (nSPS) is 12.9. The number of nitrogens with zero attached hydrogens (tertiary/aromatic N) is 1. The number of ether oxygens (including phenoxy) is 1. The molecule has 0 aromatic heterocycles. The molecule has 5 heteroatoms. The molecular weight excluding hydrogens is 310 g/mol. The van der Waals surface area contributed by atoms with E-state index in [4.69, 9.17) is 4.74 Å². The first-order chi connectivity index (χ1) is 10.3. The molecule has 1 atom stereocenters. The summed E-state index contributed by atoms with van der Waals surface area (Å²) in [6, 6.07) is 6.29. The van der Waals surface area contributed by atoms with Gasteiger partial charge in [0.1, 0.15) is 5.75 Å². The first-order valence-electron chi connectivity index (χ1n) is 7.89. The predicted molar refractivity (Wildman–Crippen MR) is 100 cm³/mol. The number of para-hydroxylation sites is 1. The Labute approximate surface area is 140 Å². The molecule has 0 bridgehead atoms. The van der Waals surface area contributed by atoms with Crippen molar-refractivity contribution in [1.29, 1.82) is 0 Å². The highest BCUT2D eigenvalue weighted by Crippen LogP contribution is 2.33. The van der Waals surface area contributed by atoms with Gasteiger partial charge in [-0.3, -0.25) is 0 Å². The van der Waals surface area contributed by atoms with Crippen LogP contribution in [-0.4, -0.2) is 38.4 Å². The second-order valence-electron chi connectivity index (χ2n) is 6.39. The number of hydrogen-bond donors (Lipinski definition) is 0. The van der Waals surface area contributed by atoms with Gasteiger partial charge in [0, 0.05) is 23.9 Å². The lowest BCUT2D eigenvalue weighted by Crippen LogP contribution is -2.41. The van der Waals surface area contributed by atoms with Gasteiger partial charge in [-0.25, -0.2) is 4.79 Å². The van der Waals surface area contributed by atoms with Gasteiger partial charge in [-0.15, -0.1) is 0 Å². The summed E-state index contributed by atoms with van der Waals surface area (Å²) in [4.78, 5) is 14.1. The van der Waals surface area contributed by atoms with Gasteiger partial charge >= 0.3 is 6.09 Å². The Hall–Kier alpha value is -0.943. The molecule has 0 aliphatic carbocycles. The lowest BCUT2D eigenvalue weighted by molar-refractivity contribution is 0.157. The molecule has 0 aliphatic heterocycles. The number of carbonyl (C=O) groups is 1. The van der Waals surface area contributed by atoms with Crippen molar-refractivity contribution < 1.29 is 9.53 Å². The molecule has 1 rings (SSSR count). The average Bonchev–Trinajstić information content (AvgIpc) is 2.46. The Kier molecular flexibility index (Phi) is 7.00. The largest absolute Gasteiger partial charge is 0.415 e. The van der Waals surface area contributed by atoms with Gasteiger partial charge in [-0.05, 0) is 32.2 Å².